The number of rotatable bonds is 7. The number of hydrogen-bond acceptors (Lipinski definition) is 4. The van der Waals surface area contributed by atoms with Gasteiger partial charge in [-0.3, -0.25) is 9.69 Å². The van der Waals surface area contributed by atoms with Crippen LogP contribution in [0.3, 0.4) is 0 Å². The molecule has 0 aliphatic carbocycles. The van der Waals surface area contributed by atoms with E-state index in [1.54, 1.807) is 14.2 Å². The number of benzene rings is 3. The van der Waals surface area contributed by atoms with E-state index in [1.165, 1.54) is 5.56 Å². The molecule has 0 atom stereocenters. The molecule has 0 unspecified atom stereocenters. The first kappa shape index (κ1) is 22.9. The first-order valence-electron chi connectivity index (χ1n) is 11.5. The van der Waals surface area contributed by atoms with Crippen LogP contribution >= 0.6 is 0 Å². The van der Waals surface area contributed by atoms with Gasteiger partial charge in [0.25, 0.3) is 5.91 Å². The highest BCUT2D eigenvalue weighted by molar-refractivity contribution is 6.06. The van der Waals surface area contributed by atoms with Crippen molar-refractivity contribution in [3.05, 3.63) is 89.5 Å². The number of piperidine rings is 1. The molecule has 1 amide bonds. The van der Waals surface area contributed by atoms with Crippen LogP contribution in [0.5, 0.6) is 11.5 Å². The van der Waals surface area contributed by atoms with Gasteiger partial charge in [-0.2, -0.15) is 0 Å². The topological polar surface area (TPSA) is 42.0 Å². The number of methoxy groups -OCH3 is 2. The molecule has 33 heavy (non-hydrogen) atoms. The molecule has 0 aromatic heterocycles. The van der Waals surface area contributed by atoms with Crippen LogP contribution < -0.4 is 14.4 Å². The first-order chi connectivity index (χ1) is 16.1. The van der Waals surface area contributed by atoms with Gasteiger partial charge in [-0.1, -0.05) is 42.0 Å². The molecule has 0 N–H and O–H groups in total. The van der Waals surface area contributed by atoms with Gasteiger partial charge in [0.1, 0.15) is 11.5 Å². The van der Waals surface area contributed by atoms with Gasteiger partial charge < -0.3 is 14.4 Å². The van der Waals surface area contributed by atoms with E-state index in [9.17, 15) is 4.79 Å². The Morgan fingerprint density at radius 3 is 2.36 bits per heavy atom. The van der Waals surface area contributed by atoms with Gasteiger partial charge in [0, 0.05) is 48.6 Å². The summed E-state index contributed by atoms with van der Waals surface area (Å²) >= 11 is 0. The molecular formula is C28H32N2O3. The summed E-state index contributed by atoms with van der Waals surface area (Å²) in [6.45, 7) is 4.72. The number of anilines is 1. The molecule has 1 heterocycles. The third kappa shape index (κ3) is 5.37. The van der Waals surface area contributed by atoms with Crippen LogP contribution in [0.15, 0.2) is 72.8 Å². The van der Waals surface area contributed by atoms with E-state index in [-0.39, 0.29) is 11.9 Å². The number of aryl methyl sites for hydroxylation is 1. The molecule has 5 nitrogen and oxygen atoms in total. The summed E-state index contributed by atoms with van der Waals surface area (Å²) in [5.74, 6) is 1.71. The van der Waals surface area contributed by atoms with Crippen LogP contribution in [0.2, 0.25) is 0 Å². The summed E-state index contributed by atoms with van der Waals surface area (Å²) in [5, 5.41) is 0. The number of hydrogen-bond donors (Lipinski definition) is 0. The molecule has 1 fully saturated rings. The quantitative estimate of drug-likeness (QED) is 0.494. The van der Waals surface area contributed by atoms with Crippen molar-refractivity contribution in [2.45, 2.75) is 32.4 Å². The van der Waals surface area contributed by atoms with Crippen molar-refractivity contribution in [1.82, 2.24) is 4.90 Å². The highest BCUT2D eigenvalue weighted by Gasteiger charge is 2.30. The standard InChI is InChI=1S/C28H32N2O3/c1-21-11-13-22(14-12-21)28(31)30(25-8-6-9-26(19-25)32-2)24-15-17-29(18-16-24)20-23-7-4-5-10-27(23)33-3/h4-14,19,24H,15-18,20H2,1-3H3. The maximum atomic E-state index is 13.7. The van der Waals surface area contributed by atoms with Crippen LogP contribution in [0.25, 0.3) is 0 Å². The number of amides is 1. The monoisotopic (exact) mass is 444 g/mol. The Bertz CT molecular complexity index is 1070. The Balaban J connectivity index is 1.54. The number of para-hydroxylation sites is 1. The maximum absolute atomic E-state index is 13.7. The van der Waals surface area contributed by atoms with Crippen molar-refractivity contribution in [2.24, 2.45) is 0 Å². The third-order valence-electron chi connectivity index (χ3n) is 6.36. The molecule has 1 aliphatic rings. The predicted octanol–water partition coefficient (Wildman–Crippen LogP) is 5.32. The lowest BCUT2D eigenvalue weighted by molar-refractivity contribution is 0.0958. The number of carbonyl (C=O) groups excluding carboxylic acids is 1. The number of carbonyl (C=O) groups is 1. The fourth-order valence-corrected chi connectivity index (χ4v) is 4.50. The highest BCUT2D eigenvalue weighted by atomic mass is 16.5. The fraction of sp³-hybridized carbons (Fsp3) is 0.321. The molecule has 0 saturated carbocycles. The Labute approximate surface area is 196 Å². The molecule has 0 bridgehead atoms. The summed E-state index contributed by atoms with van der Waals surface area (Å²) in [6, 6.07) is 23.9. The van der Waals surface area contributed by atoms with Gasteiger partial charge in [0.05, 0.1) is 14.2 Å². The molecular weight excluding hydrogens is 412 g/mol. The van der Waals surface area contributed by atoms with E-state index in [0.717, 1.165) is 55.2 Å². The van der Waals surface area contributed by atoms with E-state index >= 15 is 0 Å². The van der Waals surface area contributed by atoms with Crippen molar-refractivity contribution in [2.75, 3.05) is 32.2 Å². The zero-order chi connectivity index (χ0) is 23.2. The van der Waals surface area contributed by atoms with E-state index in [4.69, 9.17) is 9.47 Å². The Hall–Kier alpha value is -3.31. The lowest BCUT2D eigenvalue weighted by Gasteiger charge is -2.39. The lowest BCUT2D eigenvalue weighted by Crippen LogP contribution is -2.47. The second kappa shape index (κ2) is 10.5. The van der Waals surface area contributed by atoms with Crippen molar-refractivity contribution < 1.29 is 14.3 Å². The second-order valence-electron chi connectivity index (χ2n) is 8.56. The first-order valence-corrected chi connectivity index (χ1v) is 11.5. The number of ether oxygens (including phenoxy) is 2. The Morgan fingerprint density at radius 2 is 1.67 bits per heavy atom. The summed E-state index contributed by atoms with van der Waals surface area (Å²) in [4.78, 5) is 18.1. The molecule has 1 saturated heterocycles. The fourth-order valence-electron chi connectivity index (χ4n) is 4.50. The normalized spacial score (nSPS) is 14.6. The van der Waals surface area contributed by atoms with E-state index in [2.05, 4.69) is 17.0 Å². The van der Waals surface area contributed by atoms with E-state index in [1.807, 2.05) is 72.5 Å². The molecule has 5 heteroatoms. The lowest BCUT2D eigenvalue weighted by atomic mass is 9.99. The summed E-state index contributed by atoms with van der Waals surface area (Å²) < 4.78 is 11.0. The molecule has 172 valence electrons. The number of nitrogens with zero attached hydrogens (tertiary/aromatic N) is 2. The molecule has 1 aliphatic heterocycles. The van der Waals surface area contributed by atoms with Gasteiger partial charge in [-0.05, 0) is 50.1 Å². The van der Waals surface area contributed by atoms with Crippen molar-refractivity contribution >= 4 is 11.6 Å². The van der Waals surface area contributed by atoms with Crippen molar-refractivity contribution in [3.63, 3.8) is 0 Å². The maximum Gasteiger partial charge on any atom is 0.258 e. The van der Waals surface area contributed by atoms with Gasteiger partial charge >= 0.3 is 0 Å². The number of likely N-dealkylation sites (tertiary alicyclic amines) is 1. The zero-order valence-corrected chi connectivity index (χ0v) is 19.7. The molecule has 3 aromatic carbocycles. The zero-order valence-electron chi connectivity index (χ0n) is 19.7. The average Bonchev–Trinajstić information content (AvgIpc) is 2.86. The Morgan fingerprint density at radius 1 is 0.939 bits per heavy atom. The minimum absolute atomic E-state index is 0.0337. The second-order valence-corrected chi connectivity index (χ2v) is 8.56. The van der Waals surface area contributed by atoms with Crippen LogP contribution in [0, 0.1) is 6.92 Å². The Kier molecular flexibility index (Phi) is 7.30. The van der Waals surface area contributed by atoms with E-state index < -0.39 is 0 Å². The van der Waals surface area contributed by atoms with Crippen molar-refractivity contribution in [1.29, 1.82) is 0 Å². The molecule has 3 aromatic rings. The van der Waals surface area contributed by atoms with Crippen LogP contribution in [-0.4, -0.2) is 44.2 Å². The summed E-state index contributed by atoms with van der Waals surface area (Å²) in [6.07, 6.45) is 1.81. The van der Waals surface area contributed by atoms with E-state index in [0.29, 0.717) is 5.56 Å². The molecule has 0 radical (unpaired) electrons. The smallest absolute Gasteiger partial charge is 0.258 e. The minimum Gasteiger partial charge on any atom is -0.497 e. The summed E-state index contributed by atoms with van der Waals surface area (Å²) in [7, 11) is 3.37. The SMILES string of the molecule is COc1cccc(N(C(=O)c2ccc(C)cc2)C2CCN(Cc3ccccc3OC)CC2)c1. The van der Waals surface area contributed by atoms with Crippen LogP contribution in [0.4, 0.5) is 5.69 Å². The molecule has 0 spiro atoms. The van der Waals surface area contributed by atoms with Gasteiger partial charge in [-0.15, -0.1) is 0 Å². The minimum atomic E-state index is 0.0337. The molecule has 4 rings (SSSR count). The largest absolute Gasteiger partial charge is 0.497 e. The predicted molar refractivity (Wildman–Crippen MR) is 132 cm³/mol. The van der Waals surface area contributed by atoms with Gasteiger partial charge in [-0.25, -0.2) is 0 Å². The van der Waals surface area contributed by atoms with Crippen LogP contribution in [0.1, 0.15) is 34.3 Å². The van der Waals surface area contributed by atoms with Crippen molar-refractivity contribution in [3.8, 4) is 11.5 Å². The highest BCUT2D eigenvalue weighted by Crippen LogP contribution is 2.30. The van der Waals surface area contributed by atoms with Gasteiger partial charge in [0.2, 0.25) is 0 Å². The summed E-state index contributed by atoms with van der Waals surface area (Å²) in [5.41, 5.74) is 3.92. The third-order valence-corrected chi connectivity index (χ3v) is 6.36. The van der Waals surface area contributed by atoms with Gasteiger partial charge in [0.15, 0.2) is 0 Å². The van der Waals surface area contributed by atoms with Crippen LogP contribution in [-0.2, 0) is 6.54 Å². The average molecular weight is 445 g/mol.